The van der Waals surface area contributed by atoms with Crippen molar-refractivity contribution in [3.63, 3.8) is 0 Å². The van der Waals surface area contributed by atoms with Gasteiger partial charge in [0.05, 0.1) is 7.11 Å². The van der Waals surface area contributed by atoms with Crippen LogP contribution in [0.2, 0.25) is 0 Å². The lowest BCUT2D eigenvalue weighted by molar-refractivity contribution is 0.287. The van der Waals surface area contributed by atoms with Crippen molar-refractivity contribution in [1.82, 2.24) is 4.90 Å². The third-order valence-corrected chi connectivity index (χ3v) is 3.93. The molecular formula is C13H19NOS. The van der Waals surface area contributed by atoms with Crippen molar-refractivity contribution in [2.75, 3.05) is 31.7 Å². The Labute approximate surface area is 102 Å². The predicted molar refractivity (Wildman–Crippen MR) is 70.2 cm³/mol. The van der Waals surface area contributed by atoms with E-state index >= 15 is 0 Å². The molecule has 88 valence electrons. The van der Waals surface area contributed by atoms with Crippen LogP contribution in [0.4, 0.5) is 0 Å². The Morgan fingerprint density at radius 1 is 1.19 bits per heavy atom. The number of benzene rings is 1. The molecule has 0 atom stereocenters. The Bertz CT molecular complexity index is 304. The zero-order valence-electron chi connectivity index (χ0n) is 9.82. The van der Waals surface area contributed by atoms with E-state index in [1.807, 2.05) is 12.1 Å². The maximum absolute atomic E-state index is 5.16. The molecule has 1 aliphatic rings. The molecule has 0 radical (unpaired) electrons. The first-order chi connectivity index (χ1) is 7.88. The Balaban J connectivity index is 1.91. The molecular weight excluding hydrogens is 218 g/mol. The molecule has 16 heavy (non-hydrogen) atoms. The molecule has 0 amide bonds. The molecule has 0 saturated carbocycles. The largest absolute Gasteiger partial charge is 0.497 e. The summed E-state index contributed by atoms with van der Waals surface area (Å²) in [6, 6.07) is 8.41. The number of rotatable bonds is 3. The third-order valence-electron chi connectivity index (χ3n) is 2.88. The highest BCUT2D eigenvalue weighted by Crippen LogP contribution is 2.15. The molecule has 1 aromatic rings. The fourth-order valence-electron chi connectivity index (χ4n) is 1.94. The van der Waals surface area contributed by atoms with Crippen LogP contribution in [0.1, 0.15) is 12.0 Å². The van der Waals surface area contributed by atoms with Gasteiger partial charge >= 0.3 is 0 Å². The van der Waals surface area contributed by atoms with Crippen molar-refractivity contribution >= 4 is 11.8 Å². The molecule has 0 bridgehead atoms. The topological polar surface area (TPSA) is 12.5 Å². The van der Waals surface area contributed by atoms with E-state index in [2.05, 4.69) is 28.8 Å². The molecule has 0 N–H and O–H groups in total. The quantitative estimate of drug-likeness (QED) is 0.802. The molecule has 0 unspecified atom stereocenters. The minimum Gasteiger partial charge on any atom is -0.497 e. The van der Waals surface area contributed by atoms with Crippen molar-refractivity contribution in [3.8, 4) is 5.75 Å². The monoisotopic (exact) mass is 237 g/mol. The third kappa shape index (κ3) is 3.42. The van der Waals surface area contributed by atoms with Crippen LogP contribution < -0.4 is 4.74 Å². The Kier molecular flexibility index (Phi) is 4.55. The highest BCUT2D eigenvalue weighted by molar-refractivity contribution is 7.99. The van der Waals surface area contributed by atoms with Crippen molar-refractivity contribution in [1.29, 1.82) is 0 Å². The average molecular weight is 237 g/mol. The second-order valence-corrected chi connectivity index (χ2v) is 5.31. The maximum Gasteiger partial charge on any atom is 0.118 e. The van der Waals surface area contributed by atoms with Gasteiger partial charge in [0.2, 0.25) is 0 Å². The van der Waals surface area contributed by atoms with Crippen molar-refractivity contribution < 1.29 is 4.74 Å². The Morgan fingerprint density at radius 3 is 2.75 bits per heavy atom. The summed E-state index contributed by atoms with van der Waals surface area (Å²) in [6.45, 7) is 3.53. The molecule has 1 fully saturated rings. The van der Waals surface area contributed by atoms with E-state index in [9.17, 15) is 0 Å². The summed E-state index contributed by atoms with van der Waals surface area (Å²) in [6.07, 6.45) is 1.32. The lowest BCUT2D eigenvalue weighted by atomic mass is 10.2. The molecule has 1 heterocycles. The van der Waals surface area contributed by atoms with Crippen LogP contribution in [0, 0.1) is 0 Å². The van der Waals surface area contributed by atoms with Gasteiger partial charge in [0, 0.05) is 18.8 Å². The Hall–Kier alpha value is -0.670. The normalized spacial score (nSPS) is 18.1. The number of methoxy groups -OCH3 is 1. The molecule has 2 rings (SSSR count). The number of nitrogens with zero attached hydrogens (tertiary/aromatic N) is 1. The van der Waals surface area contributed by atoms with Gasteiger partial charge in [0.1, 0.15) is 5.75 Å². The first-order valence-electron chi connectivity index (χ1n) is 5.81. The minimum absolute atomic E-state index is 0.940. The predicted octanol–water partition coefficient (Wildman–Crippen LogP) is 2.63. The summed E-state index contributed by atoms with van der Waals surface area (Å²) < 4.78 is 5.16. The fourth-order valence-corrected chi connectivity index (χ4v) is 2.87. The SMILES string of the molecule is COc1ccc(CN2CCCSCC2)cc1. The lowest BCUT2D eigenvalue weighted by Gasteiger charge is -2.19. The number of hydrogen-bond donors (Lipinski definition) is 0. The van der Waals surface area contributed by atoms with E-state index in [4.69, 9.17) is 4.74 Å². The van der Waals surface area contributed by atoms with Gasteiger partial charge in [-0.2, -0.15) is 11.8 Å². The van der Waals surface area contributed by atoms with E-state index in [1.54, 1.807) is 7.11 Å². The summed E-state index contributed by atoms with van der Waals surface area (Å²) in [7, 11) is 1.71. The van der Waals surface area contributed by atoms with E-state index in [1.165, 1.54) is 36.6 Å². The van der Waals surface area contributed by atoms with Crippen molar-refractivity contribution in [2.45, 2.75) is 13.0 Å². The van der Waals surface area contributed by atoms with E-state index in [0.717, 1.165) is 12.3 Å². The smallest absolute Gasteiger partial charge is 0.118 e. The average Bonchev–Trinajstić information content (AvgIpc) is 2.59. The van der Waals surface area contributed by atoms with E-state index in [-0.39, 0.29) is 0 Å². The summed E-state index contributed by atoms with van der Waals surface area (Å²) in [5.41, 5.74) is 1.38. The zero-order chi connectivity index (χ0) is 11.2. The van der Waals surface area contributed by atoms with Gasteiger partial charge in [-0.3, -0.25) is 4.90 Å². The molecule has 1 aromatic carbocycles. The van der Waals surface area contributed by atoms with Gasteiger partial charge < -0.3 is 4.74 Å². The lowest BCUT2D eigenvalue weighted by Crippen LogP contribution is -2.25. The van der Waals surface area contributed by atoms with E-state index in [0.29, 0.717) is 0 Å². The zero-order valence-corrected chi connectivity index (χ0v) is 10.6. The van der Waals surface area contributed by atoms with Gasteiger partial charge in [-0.05, 0) is 36.4 Å². The van der Waals surface area contributed by atoms with Crippen LogP contribution in [0.3, 0.4) is 0 Å². The molecule has 3 heteroatoms. The second kappa shape index (κ2) is 6.16. The van der Waals surface area contributed by atoms with Gasteiger partial charge in [-0.25, -0.2) is 0 Å². The van der Waals surface area contributed by atoms with Crippen LogP contribution >= 0.6 is 11.8 Å². The minimum atomic E-state index is 0.940. The summed E-state index contributed by atoms with van der Waals surface area (Å²) in [4.78, 5) is 2.54. The van der Waals surface area contributed by atoms with Crippen LogP contribution in [0.5, 0.6) is 5.75 Å². The molecule has 2 nitrogen and oxygen atoms in total. The molecule has 0 spiro atoms. The van der Waals surface area contributed by atoms with E-state index < -0.39 is 0 Å². The number of ether oxygens (including phenoxy) is 1. The second-order valence-electron chi connectivity index (χ2n) is 4.09. The summed E-state index contributed by atoms with van der Waals surface area (Å²) in [5, 5.41) is 0. The van der Waals surface area contributed by atoms with Gasteiger partial charge in [-0.15, -0.1) is 0 Å². The summed E-state index contributed by atoms with van der Waals surface area (Å²) in [5.74, 6) is 3.53. The van der Waals surface area contributed by atoms with Crippen molar-refractivity contribution in [2.24, 2.45) is 0 Å². The summed E-state index contributed by atoms with van der Waals surface area (Å²) >= 11 is 2.07. The highest BCUT2D eigenvalue weighted by Gasteiger charge is 2.09. The number of thioether (sulfide) groups is 1. The molecule has 0 aliphatic carbocycles. The van der Waals surface area contributed by atoms with Crippen LogP contribution in [-0.4, -0.2) is 36.6 Å². The van der Waals surface area contributed by atoms with Gasteiger partial charge in [0.25, 0.3) is 0 Å². The van der Waals surface area contributed by atoms with Gasteiger partial charge in [0.15, 0.2) is 0 Å². The molecule has 0 aromatic heterocycles. The first kappa shape index (κ1) is 11.8. The molecule has 1 aliphatic heterocycles. The van der Waals surface area contributed by atoms with Crippen LogP contribution in [0.15, 0.2) is 24.3 Å². The van der Waals surface area contributed by atoms with Crippen molar-refractivity contribution in [3.05, 3.63) is 29.8 Å². The standard InChI is InChI=1S/C13H19NOS/c1-15-13-5-3-12(4-6-13)11-14-7-2-9-16-10-8-14/h3-6H,2,7-11H2,1H3. The number of hydrogen-bond acceptors (Lipinski definition) is 3. The van der Waals surface area contributed by atoms with Gasteiger partial charge in [-0.1, -0.05) is 12.1 Å². The maximum atomic E-state index is 5.16. The molecule has 1 saturated heterocycles. The van der Waals surface area contributed by atoms with Crippen LogP contribution in [-0.2, 0) is 6.54 Å². The fraction of sp³-hybridized carbons (Fsp3) is 0.538. The Morgan fingerprint density at radius 2 is 2.00 bits per heavy atom. The highest BCUT2D eigenvalue weighted by atomic mass is 32.2. The van der Waals surface area contributed by atoms with Crippen LogP contribution in [0.25, 0.3) is 0 Å². The first-order valence-corrected chi connectivity index (χ1v) is 6.97.